The van der Waals surface area contributed by atoms with Gasteiger partial charge in [-0.25, -0.2) is 0 Å². The number of carbonyl (C=O) groups excluding carboxylic acids is 1. The van der Waals surface area contributed by atoms with Crippen LogP contribution in [-0.2, 0) is 4.79 Å². The van der Waals surface area contributed by atoms with Gasteiger partial charge in [0.05, 0.1) is 29.7 Å². The highest BCUT2D eigenvalue weighted by Crippen LogP contribution is 2.45. The number of hydrogen-bond donors (Lipinski definition) is 4. The van der Waals surface area contributed by atoms with Crippen LogP contribution >= 0.6 is 0 Å². The molecule has 0 fully saturated rings. The molecule has 10 heteroatoms. The van der Waals surface area contributed by atoms with Crippen LogP contribution in [0.25, 0.3) is 32.7 Å². The number of hydrogen-bond acceptors (Lipinski definition) is 8. The fourth-order valence-corrected chi connectivity index (χ4v) is 10.0. The summed E-state index contributed by atoms with van der Waals surface area (Å²) in [5.74, 6) is 1.40. The monoisotopic (exact) mass is 879 g/mol. The Balaban J connectivity index is 1.000. The van der Waals surface area contributed by atoms with Gasteiger partial charge in [0.1, 0.15) is 17.3 Å². The molecule has 66 heavy (non-hydrogen) atoms. The van der Waals surface area contributed by atoms with Crippen molar-refractivity contribution in [2.24, 2.45) is 4.90 Å². The van der Waals surface area contributed by atoms with Crippen molar-refractivity contribution in [1.29, 1.82) is 0 Å². The molecule has 0 unspecified atom stereocenters. The molecule has 0 saturated carbocycles. The van der Waals surface area contributed by atoms with Crippen molar-refractivity contribution in [3.05, 3.63) is 131 Å². The highest BCUT2D eigenvalue weighted by molar-refractivity contribution is 6.81. The summed E-state index contributed by atoms with van der Waals surface area (Å²) in [5.41, 5.74) is 5.84. The molecule has 0 spiro atoms. The van der Waals surface area contributed by atoms with E-state index in [1.165, 1.54) is 77.0 Å². The Morgan fingerprint density at radius 3 is 1.71 bits per heavy atom. The first-order chi connectivity index (χ1) is 32.6. The second-order valence-electron chi connectivity index (χ2n) is 18.3. The number of ether oxygens (including phenoxy) is 2. The molecule has 338 valence electrons. The Morgan fingerprint density at radius 1 is 0.530 bits per heavy atom. The van der Waals surface area contributed by atoms with Crippen LogP contribution in [0.3, 0.4) is 0 Å². The molecule has 2 aliphatic heterocycles. The number of rotatable bonds is 23. The van der Waals surface area contributed by atoms with Crippen LogP contribution in [0.1, 0.15) is 122 Å². The number of nitrogens with zero attached hydrogens (tertiary/aromatic N) is 1. The van der Waals surface area contributed by atoms with Gasteiger partial charge >= 0.3 is 14.0 Å². The molecule has 0 saturated heterocycles. The topological polar surface area (TPSA) is 104 Å². The molecular weight excluding hydrogens is 814 g/mol. The average molecular weight is 879 g/mol. The minimum absolute atomic E-state index is 0.0217. The number of allylic oxidation sites excluding steroid dienone is 2. The molecule has 0 aromatic heterocycles. The second kappa shape index (κ2) is 21.4. The summed E-state index contributed by atoms with van der Waals surface area (Å²) in [4.78, 5) is 20.0. The molecule has 8 nitrogen and oxygen atoms in total. The number of ketones is 1. The standard InChI is InChI=1S/C56H64B2N4O4/c1-3-5-7-9-11-13-15-21-37-65-47-31-19-17-27-43(47)57-59-45-29-23-25-39-33-35-41(53(61-57)49(39)45)51-55(63)52(56(51)64)42-36-34-40-26-24-30-46-50(40)54(42)62-58(60-46)44-28-18-20-32-48(44)66-38-22-16-14-12-10-8-6-4-2/h17-20,23-36,59-61,63H,3-16,21-22,37-38H2,1-2H3/b52-42-. The van der Waals surface area contributed by atoms with Gasteiger partial charge in [-0.3, -0.25) is 4.79 Å². The van der Waals surface area contributed by atoms with Crippen molar-refractivity contribution in [3.8, 4) is 11.5 Å². The molecule has 3 aliphatic rings. The zero-order chi connectivity index (χ0) is 45.2. The molecule has 0 atom stereocenters. The van der Waals surface area contributed by atoms with E-state index in [9.17, 15) is 9.90 Å². The molecule has 4 N–H and O–H groups in total. The third-order valence-corrected chi connectivity index (χ3v) is 13.6. The van der Waals surface area contributed by atoms with Crippen LogP contribution in [0, 0.1) is 0 Å². The molecule has 6 aromatic rings. The van der Waals surface area contributed by atoms with Crippen LogP contribution in [0.5, 0.6) is 11.5 Å². The van der Waals surface area contributed by atoms with E-state index in [0.29, 0.717) is 34.9 Å². The number of anilines is 3. The van der Waals surface area contributed by atoms with Crippen LogP contribution in [0.15, 0.2) is 120 Å². The Labute approximate surface area is 391 Å². The van der Waals surface area contributed by atoms with Gasteiger partial charge in [0, 0.05) is 49.5 Å². The van der Waals surface area contributed by atoms with Gasteiger partial charge in [-0.2, -0.15) is 0 Å². The number of nitrogens with one attached hydrogen (secondary N) is 3. The predicted molar refractivity (Wildman–Crippen MR) is 277 cm³/mol. The summed E-state index contributed by atoms with van der Waals surface area (Å²) in [6.45, 7) is 5.03. The van der Waals surface area contributed by atoms with E-state index in [1.807, 2.05) is 72.8 Å². The fraction of sp³-hybridized carbons (Fsp3) is 0.357. The van der Waals surface area contributed by atoms with Crippen molar-refractivity contribution in [2.45, 2.75) is 117 Å². The Hall–Kier alpha value is -6.15. The summed E-state index contributed by atoms with van der Waals surface area (Å²) in [6, 6.07) is 36.6. The minimum Gasteiger partial charge on any atom is -0.506 e. The molecule has 0 bridgehead atoms. The van der Waals surface area contributed by atoms with Gasteiger partial charge in [0.25, 0.3) is 0 Å². The number of carbonyl (C=O) groups is 1. The number of unbranched alkanes of at least 4 members (excludes halogenated alkanes) is 14. The van der Waals surface area contributed by atoms with Crippen LogP contribution in [-0.4, -0.2) is 38.1 Å². The normalized spacial score (nSPS) is 14.7. The first kappa shape index (κ1) is 45.0. The van der Waals surface area contributed by atoms with Crippen LogP contribution in [0.4, 0.5) is 17.1 Å². The lowest BCUT2D eigenvalue weighted by Gasteiger charge is -2.31. The van der Waals surface area contributed by atoms with E-state index in [0.717, 1.165) is 86.7 Å². The van der Waals surface area contributed by atoms with E-state index in [2.05, 4.69) is 65.9 Å². The van der Waals surface area contributed by atoms with E-state index in [-0.39, 0.29) is 24.1 Å². The lowest BCUT2D eigenvalue weighted by atomic mass is 9.65. The predicted octanol–water partition coefficient (Wildman–Crippen LogP) is 11.4. The maximum atomic E-state index is 14.7. The molecule has 0 radical (unpaired) electrons. The largest absolute Gasteiger partial charge is 0.506 e. The lowest BCUT2D eigenvalue weighted by molar-refractivity contribution is -0.109. The smallest absolute Gasteiger partial charge is 0.431 e. The van der Waals surface area contributed by atoms with Gasteiger partial charge in [0.15, 0.2) is 0 Å². The van der Waals surface area contributed by atoms with Crippen molar-refractivity contribution in [1.82, 2.24) is 0 Å². The van der Waals surface area contributed by atoms with E-state index in [1.54, 1.807) is 0 Å². The van der Waals surface area contributed by atoms with Gasteiger partial charge < -0.3 is 35.2 Å². The summed E-state index contributed by atoms with van der Waals surface area (Å²) in [5, 5.41) is 28.6. The first-order valence-electron chi connectivity index (χ1n) is 25.0. The quantitative estimate of drug-likeness (QED) is 0.0375. The number of para-hydroxylation sites is 2. The molecular formula is C56H64B2N4O4. The summed E-state index contributed by atoms with van der Waals surface area (Å²) < 4.78 is 12.9. The molecule has 1 aliphatic carbocycles. The van der Waals surface area contributed by atoms with Gasteiger partial charge in [-0.1, -0.05) is 189 Å². The minimum atomic E-state index is -0.454. The van der Waals surface area contributed by atoms with Crippen molar-refractivity contribution >= 4 is 80.4 Å². The summed E-state index contributed by atoms with van der Waals surface area (Å²) in [7, 11) is 0. The third kappa shape index (κ3) is 9.56. The van der Waals surface area contributed by atoms with Crippen molar-refractivity contribution in [3.63, 3.8) is 0 Å². The molecule has 0 amide bonds. The van der Waals surface area contributed by atoms with Crippen molar-refractivity contribution in [2.75, 3.05) is 28.9 Å². The maximum absolute atomic E-state index is 14.7. The number of Topliss-reactive ketones (excluding diaryl/α,β-unsaturated/α-hetero) is 1. The van der Waals surface area contributed by atoms with E-state index in [4.69, 9.17) is 14.4 Å². The van der Waals surface area contributed by atoms with Gasteiger partial charge in [0.2, 0.25) is 5.78 Å². The van der Waals surface area contributed by atoms with E-state index < -0.39 is 6.98 Å². The maximum Gasteiger partial charge on any atom is 0.431 e. The zero-order valence-corrected chi connectivity index (χ0v) is 38.9. The third-order valence-electron chi connectivity index (χ3n) is 13.6. The Kier molecular flexibility index (Phi) is 14.6. The number of aliphatic hydroxyl groups is 1. The Bertz CT molecular complexity index is 2860. The number of aliphatic hydroxyl groups excluding tert-OH is 1. The van der Waals surface area contributed by atoms with Crippen LogP contribution < -0.4 is 46.7 Å². The van der Waals surface area contributed by atoms with Gasteiger partial charge in [-0.15, -0.1) is 0 Å². The lowest BCUT2D eigenvalue weighted by Crippen LogP contribution is -2.49. The second-order valence-corrected chi connectivity index (χ2v) is 18.3. The Morgan fingerprint density at radius 2 is 1.08 bits per heavy atom. The first-order valence-corrected chi connectivity index (χ1v) is 25.0. The highest BCUT2D eigenvalue weighted by Gasteiger charge is 2.40. The summed E-state index contributed by atoms with van der Waals surface area (Å²) >= 11 is 0. The highest BCUT2D eigenvalue weighted by atomic mass is 16.5. The average Bonchev–Trinajstić information content (AvgIpc) is 3.34. The molecule has 2 heterocycles. The SMILES string of the molecule is CCCCCCCCCCOc1ccccc1B1N=c2/c(=C3\C(=O)C(c4ccc5cccc6c5c4NB(c4ccccc4OCCCCCCCCCC)N6)=C3O)ccc3cccc(c23)N1. The van der Waals surface area contributed by atoms with Gasteiger partial charge in [-0.05, 0) is 47.9 Å². The fourth-order valence-electron chi connectivity index (χ4n) is 10.0. The number of benzene rings is 6. The molecule has 9 rings (SSSR count). The van der Waals surface area contributed by atoms with Crippen LogP contribution in [0.2, 0.25) is 0 Å². The molecule has 6 aromatic carbocycles. The van der Waals surface area contributed by atoms with E-state index >= 15 is 0 Å². The zero-order valence-electron chi connectivity index (χ0n) is 38.9. The summed E-state index contributed by atoms with van der Waals surface area (Å²) in [6.07, 6.45) is 19.9. The van der Waals surface area contributed by atoms with Crippen molar-refractivity contribution < 1.29 is 19.4 Å².